The average Bonchev–Trinajstić information content (AvgIpc) is 3.34. The number of amides is 1. The number of hydrogen-bond donors (Lipinski definition) is 1. The van der Waals surface area contributed by atoms with E-state index in [9.17, 15) is 4.79 Å². The van der Waals surface area contributed by atoms with E-state index in [1.165, 1.54) is 24.0 Å². The molecular weight excluding hydrogens is 266 g/mol. The Morgan fingerprint density at radius 1 is 1.45 bits per heavy atom. The summed E-state index contributed by atoms with van der Waals surface area (Å²) in [5.41, 5.74) is 3.21. The van der Waals surface area contributed by atoms with Gasteiger partial charge >= 0.3 is 0 Å². The van der Waals surface area contributed by atoms with Crippen LogP contribution in [-0.2, 0) is 10.5 Å². The lowest BCUT2D eigenvalue weighted by molar-refractivity contribution is -0.122. The predicted molar refractivity (Wildman–Crippen MR) is 84.7 cm³/mol. The second-order valence-corrected chi connectivity index (χ2v) is 7.41. The van der Waals surface area contributed by atoms with Crippen molar-refractivity contribution in [3.8, 4) is 0 Å². The van der Waals surface area contributed by atoms with Crippen molar-refractivity contribution in [2.24, 2.45) is 11.3 Å². The van der Waals surface area contributed by atoms with Gasteiger partial charge in [0, 0.05) is 18.2 Å². The minimum absolute atomic E-state index is 0.311. The van der Waals surface area contributed by atoms with Gasteiger partial charge in [-0.15, -0.1) is 0 Å². The fourth-order valence-electron chi connectivity index (χ4n) is 2.93. The van der Waals surface area contributed by atoms with E-state index in [1.807, 2.05) is 11.8 Å². The van der Waals surface area contributed by atoms with Crippen molar-refractivity contribution in [2.45, 2.75) is 38.4 Å². The molecule has 2 fully saturated rings. The van der Waals surface area contributed by atoms with Gasteiger partial charge in [-0.05, 0) is 49.3 Å². The van der Waals surface area contributed by atoms with Crippen LogP contribution in [0.4, 0.5) is 0 Å². The molecule has 0 bridgehead atoms. The Bertz CT molecular complexity index is 496. The van der Waals surface area contributed by atoms with Gasteiger partial charge in [-0.2, -0.15) is 11.8 Å². The van der Waals surface area contributed by atoms with Crippen LogP contribution < -0.4 is 5.32 Å². The van der Waals surface area contributed by atoms with Crippen molar-refractivity contribution in [3.05, 3.63) is 35.4 Å². The van der Waals surface area contributed by atoms with Gasteiger partial charge in [0.1, 0.15) is 0 Å². The zero-order valence-corrected chi connectivity index (χ0v) is 13.0. The van der Waals surface area contributed by atoms with Crippen molar-refractivity contribution >= 4 is 17.7 Å². The van der Waals surface area contributed by atoms with Gasteiger partial charge in [0.2, 0.25) is 5.91 Å². The molecule has 0 heterocycles. The summed E-state index contributed by atoms with van der Waals surface area (Å²) in [6.07, 6.45) is 4.80. The van der Waals surface area contributed by atoms with Gasteiger partial charge in [0.05, 0.1) is 0 Å². The second kappa shape index (κ2) is 5.80. The SMILES string of the molecule is Cc1cccc(CSCCCNC(=O)[C@@H]2CC23CC3)c1. The highest BCUT2D eigenvalue weighted by Gasteiger charge is 2.65. The van der Waals surface area contributed by atoms with Gasteiger partial charge in [0.25, 0.3) is 0 Å². The fourth-order valence-corrected chi connectivity index (χ4v) is 3.84. The van der Waals surface area contributed by atoms with Gasteiger partial charge < -0.3 is 5.32 Å². The zero-order valence-electron chi connectivity index (χ0n) is 12.2. The summed E-state index contributed by atoms with van der Waals surface area (Å²) < 4.78 is 0. The molecule has 1 aromatic rings. The standard InChI is InChI=1S/C17H23NOS/c1-13-4-2-5-14(10-13)12-20-9-3-8-18-16(19)15-11-17(15)6-7-17/h2,4-5,10,15H,3,6-9,11-12H2,1H3,(H,18,19)/t15-/m0/s1. The molecule has 0 saturated heterocycles. The fraction of sp³-hybridized carbons (Fsp3) is 0.588. The molecule has 2 saturated carbocycles. The largest absolute Gasteiger partial charge is 0.356 e. The summed E-state index contributed by atoms with van der Waals surface area (Å²) >= 11 is 1.95. The van der Waals surface area contributed by atoms with Crippen molar-refractivity contribution in [1.29, 1.82) is 0 Å². The smallest absolute Gasteiger partial charge is 0.223 e. The lowest BCUT2D eigenvalue weighted by atomic mass is 10.2. The van der Waals surface area contributed by atoms with Crippen LogP contribution in [0, 0.1) is 18.3 Å². The Hall–Kier alpha value is -0.960. The van der Waals surface area contributed by atoms with Crippen LogP contribution in [0.3, 0.4) is 0 Å². The number of carbonyl (C=O) groups excluding carboxylic acids is 1. The molecule has 1 amide bonds. The van der Waals surface area contributed by atoms with Gasteiger partial charge in [-0.25, -0.2) is 0 Å². The van der Waals surface area contributed by atoms with Gasteiger partial charge in [-0.1, -0.05) is 29.8 Å². The first-order valence-corrected chi connectivity index (χ1v) is 8.76. The van der Waals surface area contributed by atoms with Crippen molar-refractivity contribution < 1.29 is 4.79 Å². The molecule has 1 N–H and O–H groups in total. The normalized spacial score (nSPS) is 21.8. The molecule has 20 heavy (non-hydrogen) atoms. The molecule has 0 aliphatic heterocycles. The number of nitrogens with one attached hydrogen (secondary N) is 1. The van der Waals surface area contributed by atoms with E-state index in [4.69, 9.17) is 0 Å². The minimum atomic E-state index is 0.311. The van der Waals surface area contributed by atoms with Gasteiger partial charge in [-0.3, -0.25) is 4.79 Å². The van der Waals surface area contributed by atoms with E-state index in [-0.39, 0.29) is 0 Å². The van der Waals surface area contributed by atoms with Crippen LogP contribution in [0.25, 0.3) is 0 Å². The molecule has 2 nitrogen and oxygen atoms in total. The third-order valence-corrected chi connectivity index (χ3v) is 5.63. The Labute approximate surface area is 125 Å². The monoisotopic (exact) mass is 289 g/mol. The predicted octanol–water partition coefficient (Wildman–Crippen LogP) is 3.53. The highest BCUT2D eigenvalue weighted by molar-refractivity contribution is 7.98. The van der Waals surface area contributed by atoms with Crippen LogP contribution in [0.5, 0.6) is 0 Å². The quantitative estimate of drug-likeness (QED) is 0.778. The molecular formula is C17H23NOS. The lowest BCUT2D eigenvalue weighted by Gasteiger charge is -2.05. The third-order valence-electron chi connectivity index (χ3n) is 4.51. The topological polar surface area (TPSA) is 29.1 Å². The van der Waals surface area contributed by atoms with E-state index in [0.717, 1.165) is 30.9 Å². The number of hydrogen-bond acceptors (Lipinski definition) is 2. The number of carbonyl (C=O) groups is 1. The molecule has 0 radical (unpaired) electrons. The number of aryl methyl sites for hydroxylation is 1. The molecule has 2 aliphatic rings. The van der Waals surface area contributed by atoms with Crippen molar-refractivity contribution in [1.82, 2.24) is 5.32 Å². The second-order valence-electron chi connectivity index (χ2n) is 6.31. The van der Waals surface area contributed by atoms with E-state index in [2.05, 4.69) is 36.5 Å². The maximum Gasteiger partial charge on any atom is 0.223 e. The molecule has 1 spiro atoms. The van der Waals surface area contributed by atoms with Crippen LogP contribution in [0.15, 0.2) is 24.3 Å². The van der Waals surface area contributed by atoms with Crippen LogP contribution in [-0.4, -0.2) is 18.2 Å². The van der Waals surface area contributed by atoms with E-state index < -0.39 is 0 Å². The molecule has 3 rings (SSSR count). The van der Waals surface area contributed by atoms with Crippen LogP contribution >= 0.6 is 11.8 Å². The first kappa shape index (κ1) is 14.0. The molecule has 0 unspecified atom stereocenters. The Morgan fingerprint density at radius 2 is 2.30 bits per heavy atom. The minimum Gasteiger partial charge on any atom is -0.356 e. The maximum absolute atomic E-state index is 11.8. The Balaban J connectivity index is 1.24. The number of benzene rings is 1. The lowest BCUT2D eigenvalue weighted by Crippen LogP contribution is -2.27. The van der Waals surface area contributed by atoms with E-state index in [1.54, 1.807) is 0 Å². The molecule has 2 aliphatic carbocycles. The first-order valence-electron chi connectivity index (χ1n) is 7.61. The zero-order chi connectivity index (χ0) is 14.0. The number of rotatable bonds is 7. The number of thioether (sulfide) groups is 1. The van der Waals surface area contributed by atoms with Crippen molar-refractivity contribution in [2.75, 3.05) is 12.3 Å². The molecule has 108 valence electrons. The summed E-state index contributed by atoms with van der Waals surface area (Å²) in [6.45, 7) is 2.97. The maximum atomic E-state index is 11.8. The molecule has 1 aromatic carbocycles. The summed E-state index contributed by atoms with van der Waals surface area (Å²) in [7, 11) is 0. The van der Waals surface area contributed by atoms with Gasteiger partial charge in [0.15, 0.2) is 0 Å². The third kappa shape index (κ3) is 3.38. The summed E-state index contributed by atoms with van der Waals surface area (Å²) in [6, 6.07) is 8.68. The molecule has 3 heteroatoms. The Morgan fingerprint density at radius 3 is 3.00 bits per heavy atom. The highest BCUT2D eigenvalue weighted by atomic mass is 32.2. The molecule has 1 atom stereocenters. The van der Waals surface area contributed by atoms with Crippen LogP contribution in [0.1, 0.15) is 36.8 Å². The highest BCUT2D eigenvalue weighted by Crippen LogP contribution is 2.70. The van der Waals surface area contributed by atoms with E-state index >= 15 is 0 Å². The first-order chi connectivity index (χ1) is 9.70. The Kier molecular flexibility index (Phi) is 4.06. The average molecular weight is 289 g/mol. The summed E-state index contributed by atoms with van der Waals surface area (Å²) in [5.74, 6) is 2.86. The van der Waals surface area contributed by atoms with Crippen LogP contribution in [0.2, 0.25) is 0 Å². The van der Waals surface area contributed by atoms with E-state index in [0.29, 0.717) is 17.2 Å². The summed E-state index contributed by atoms with van der Waals surface area (Å²) in [5, 5.41) is 3.10. The van der Waals surface area contributed by atoms with Crippen molar-refractivity contribution in [3.63, 3.8) is 0 Å². The molecule has 0 aromatic heterocycles. The summed E-state index contributed by atoms with van der Waals surface area (Å²) in [4.78, 5) is 11.8.